The summed E-state index contributed by atoms with van der Waals surface area (Å²) in [4.78, 5) is 2.33. The molecule has 0 amide bonds. The number of hydrogen-bond donors (Lipinski definition) is 0. The standard InChI is InChI=1S/C23H25NO4/c1-16-7-8-21(28-16)15-24-9-10-27-23-19(14-24)11-18(13-22(23)26-3)17-5-4-6-20(12-17)25-2/h4-8,11-13H,9-10,14-15H2,1-3H3. The van der Waals surface area contributed by atoms with Crippen molar-refractivity contribution in [2.75, 3.05) is 27.4 Å². The van der Waals surface area contributed by atoms with E-state index in [0.29, 0.717) is 6.61 Å². The van der Waals surface area contributed by atoms with Crippen LogP contribution in [0.2, 0.25) is 0 Å². The first-order chi connectivity index (χ1) is 13.7. The van der Waals surface area contributed by atoms with Gasteiger partial charge in [0.1, 0.15) is 23.9 Å². The Kier molecular flexibility index (Phi) is 5.26. The van der Waals surface area contributed by atoms with Gasteiger partial charge in [-0.15, -0.1) is 0 Å². The molecule has 3 aromatic rings. The molecule has 0 saturated carbocycles. The molecular formula is C23H25NO4. The minimum atomic E-state index is 0.613. The summed E-state index contributed by atoms with van der Waals surface area (Å²) in [5.41, 5.74) is 3.27. The average Bonchev–Trinajstić information content (AvgIpc) is 3.01. The maximum atomic E-state index is 6.06. The van der Waals surface area contributed by atoms with Crippen molar-refractivity contribution >= 4 is 0 Å². The molecule has 0 radical (unpaired) electrons. The number of ether oxygens (including phenoxy) is 3. The summed E-state index contributed by atoms with van der Waals surface area (Å²) < 4.78 is 22.8. The highest BCUT2D eigenvalue weighted by atomic mass is 16.5. The predicted molar refractivity (Wildman–Crippen MR) is 108 cm³/mol. The van der Waals surface area contributed by atoms with E-state index < -0.39 is 0 Å². The van der Waals surface area contributed by atoms with Crippen molar-refractivity contribution in [1.82, 2.24) is 4.90 Å². The van der Waals surface area contributed by atoms with Crippen LogP contribution in [0.5, 0.6) is 17.2 Å². The van der Waals surface area contributed by atoms with Gasteiger partial charge in [0.15, 0.2) is 11.5 Å². The van der Waals surface area contributed by atoms with Crippen LogP contribution in [0.15, 0.2) is 52.9 Å². The van der Waals surface area contributed by atoms with Crippen LogP contribution >= 0.6 is 0 Å². The van der Waals surface area contributed by atoms with Crippen molar-refractivity contribution < 1.29 is 18.6 Å². The highest BCUT2D eigenvalue weighted by Gasteiger charge is 2.21. The molecule has 5 heteroatoms. The van der Waals surface area contributed by atoms with E-state index in [9.17, 15) is 0 Å². The van der Waals surface area contributed by atoms with E-state index in [0.717, 1.165) is 65.1 Å². The third-order valence-corrected chi connectivity index (χ3v) is 4.98. The van der Waals surface area contributed by atoms with Crippen molar-refractivity contribution in [2.24, 2.45) is 0 Å². The highest BCUT2D eigenvalue weighted by molar-refractivity contribution is 5.70. The smallest absolute Gasteiger partial charge is 0.165 e. The second-order valence-corrected chi connectivity index (χ2v) is 6.97. The number of nitrogens with zero attached hydrogens (tertiary/aromatic N) is 1. The van der Waals surface area contributed by atoms with Gasteiger partial charge in [-0.3, -0.25) is 4.90 Å². The Morgan fingerprint density at radius 2 is 1.89 bits per heavy atom. The molecule has 2 aromatic carbocycles. The van der Waals surface area contributed by atoms with Crippen molar-refractivity contribution in [3.05, 3.63) is 65.6 Å². The van der Waals surface area contributed by atoms with Gasteiger partial charge in [0.25, 0.3) is 0 Å². The molecule has 146 valence electrons. The van der Waals surface area contributed by atoms with Gasteiger partial charge >= 0.3 is 0 Å². The lowest BCUT2D eigenvalue weighted by Crippen LogP contribution is -2.25. The fraction of sp³-hybridized carbons (Fsp3) is 0.304. The molecule has 0 aliphatic carbocycles. The molecule has 0 bridgehead atoms. The summed E-state index contributed by atoms with van der Waals surface area (Å²) in [5.74, 6) is 4.32. The van der Waals surface area contributed by atoms with Gasteiger partial charge in [-0.2, -0.15) is 0 Å². The number of aryl methyl sites for hydroxylation is 1. The zero-order chi connectivity index (χ0) is 19.5. The minimum absolute atomic E-state index is 0.613. The van der Waals surface area contributed by atoms with Crippen LogP contribution in [0.3, 0.4) is 0 Å². The van der Waals surface area contributed by atoms with Gasteiger partial charge in [-0.05, 0) is 54.4 Å². The molecule has 28 heavy (non-hydrogen) atoms. The molecule has 0 spiro atoms. The molecule has 0 N–H and O–H groups in total. The third-order valence-electron chi connectivity index (χ3n) is 4.98. The summed E-state index contributed by atoms with van der Waals surface area (Å²) in [6.07, 6.45) is 0. The Morgan fingerprint density at radius 1 is 1.00 bits per heavy atom. The molecule has 0 fully saturated rings. The highest BCUT2D eigenvalue weighted by Crippen LogP contribution is 2.39. The molecule has 0 saturated heterocycles. The van der Waals surface area contributed by atoms with E-state index in [1.165, 1.54) is 0 Å². The molecule has 1 aliphatic heterocycles. The number of furan rings is 1. The lowest BCUT2D eigenvalue weighted by atomic mass is 10.0. The van der Waals surface area contributed by atoms with Crippen molar-refractivity contribution in [2.45, 2.75) is 20.0 Å². The molecule has 0 unspecified atom stereocenters. The van der Waals surface area contributed by atoms with Gasteiger partial charge in [-0.1, -0.05) is 12.1 Å². The fourth-order valence-corrected chi connectivity index (χ4v) is 3.58. The molecule has 1 aliphatic rings. The van der Waals surface area contributed by atoms with E-state index in [1.54, 1.807) is 14.2 Å². The zero-order valence-corrected chi connectivity index (χ0v) is 16.5. The number of fused-ring (bicyclic) bond motifs is 1. The summed E-state index contributed by atoms with van der Waals surface area (Å²) in [7, 11) is 3.36. The first kappa shape index (κ1) is 18.4. The van der Waals surface area contributed by atoms with Gasteiger partial charge in [0, 0.05) is 18.7 Å². The maximum absolute atomic E-state index is 6.06. The van der Waals surface area contributed by atoms with Gasteiger partial charge in [0.05, 0.1) is 20.8 Å². The molecule has 4 rings (SSSR count). The Hall–Kier alpha value is -2.92. The Morgan fingerprint density at radius 3 is 2.64 bits per heavy atom. The van der Waals surface area contributed by atoms with Gasteiger partial charge < -0.3 is 18.6 Å². The van der Waals surface area contributed by atoms with E-state index in [1.807, 2.05) is 43.3 Å². The third kappa shape index (κ3) is 3.85. The van der Waals surface area contributed by atoms with Crippen molar-refractivity contribution in [3.8, 4) is 28.4 Å². The lowest BCUT2D eigenvalue weighted by molar-refractivity contribution is 0.204. The summed E-state index contributed by atoms with van der Waals surface area (Å²) in [6, 6.07) is 16.3. The van der Waals surface area contributed by atoms with Gasteiger partial charge in [0.2, 0.25) is 0 Å². The van der Waals surface area contributed by atoms with Crippen molar-refractivity contribution in [1.29, 1.82) is 0 Å². The van der Waals surface area contributed by atoms with E-state index in [-0.39, 0.29) is 0 Å². The second kappa shape index (κ2) is 7.98. The summed E-state index contributed by atoms with van der Waals surface area (Å²) >= 11 is 0. The normalized spacial score (nSPS) is 14.1. The lowest BCUT2D eigenvalue weighted by Gasteiger charge is -2.18. The first-order valence-corrected chi connectivity index (χ1v) is 9.42. The van der Waals surface area contributed by atoms with Crippen LogP contribution in [0.1, 0.15) is 17.1 Å². The molecular weight excluding hydrogens is 354 g/mol. The van der Waals surface area contributed by atoms with Gasteiger partial charge in [-0.25, -0.2) is 0 Å². The van der Waals surface area contributed by atoms with Crippen LogP contribution < -0.4 is 14.2 Å². The Balaban J connectivity index is 1.67. The second-order valence-electron chi connectivity index (χ2n) is 6.97. The number of methoxy groups -OCH3 is 2. The van der Waals surface area contributed by atoms with Crippen LogP contribution in [0.25, 0.3) is 11.1 Å². The van der Waals surface area contributed by atoms with E-state index >= 15 is 0 Å². The minimum Gasteiger partial charge on any atom is -0.497 e. The zero-order valence-electron chi connectivity index (χ0n) is 16.5. The predicted octanol–water partition coefficient (Wildman–Crippen LogP) is 4.67. The molecule has 1 aromatic heterocycles. The maximum Gasteiger partial charge on any atom is 0.165 e. The number of hydrogen-bond acceptors (Lipinski definition) is 5. The topological polar surface area (TPSA) is 44.1 Å². The first-order valence-electron chi connectivity index (χ1n) is 9.42. The van der Waals surface area contributed by atoms with Crippen molar-refractivity contribution in [3.63, 3.8) is 0 Å². The van der Waals surface area contributed by atoms with E-state index in [4.69, 9.17) is 18.6 Å². The molecule has 2 heterocycles. The number of rotatable bonds is 5. The largest absolute Gasteiger partial charge is 0.497 e. The number of benzene rings is 2. The average molecular weight is 379 g/mol. The van der Waals surface area contributed by atoms with Crippen LogP contribution in [-0.4, -0.2) is 32.3 Å². The summed E-state index contributed by atoms with van der Waals surface area (Å²) in [6.45, 7) is 4.93. The molecule has 5 nitrogen and oxygen atoms in total. The van der Waals surface area contributed by atoms with Crippen LogP contribution in [0, 0.1) is 6.92 Å². The Bertz CT molecular complexity index is 963. The summed E-state index contributed by atoms with van der Waals surface area (Å²) in [5, 5.41) is 0. The monoisotopic (exact) mass is 379 g/mol. The Labute approximate surface area is 165 Å². The SMILES string of the molecule is COc1cccc(-c2cc3c(c(OC)c2)OCCN(Cc2ccc(C)o2)C3)c1. The van der Waals surface area contributed by atoms with Crippen LogP contribution in [0.4, 0.5) is 0 Å². The fourth-order valence-electron chi connectivity index (χ4n) is 3.58. The van der Waals surface area contributed by atoms with Crippen LogP contribution in [-0.2, 0) is 13.1 Å². The molecule has 0 atom stereocenters. The quantitative estimate of drug-likeness (QED) is 0.645. The van der Waals surface area contributed by atoms with E-state index in [2.05, 4.69) is 17.0 Å².